The Morgan fingerprint density at radius 1 is 1.58 bits per heavy atom. The summed E-state index contributed by atoms with van der Waals surface area (Å²) in [5.74, 6) is -1.41. The summed E-state index contributed by atoms with van der Waals surface area (Å²) >= 11 is 0. The molecule has 1 unspecified atom stereocenters. The molecule has 0 saturated carbocycles. The summed E-state index contributed by atoms with van der Waals surface area (Å²) in [6.07, 6.45) is 2.16. The van der Waals surface area contributed by atoms with Crippen LogP contribution < -0.4 is 0 Å². The van der Waals surface area contributed by atoms with E-state index in [0.717, 1.165) is 11.5 Å². The van der Waals surface area contributed by atoms with Crippen molar-refractivity contribution in [2.75, 3.05) is 0 Å². The van der Waals surface area contributed by atoms with Crippen LogP contribution in [-0.2, 0) is 14.6 Å². The topological polar surface area (TPSA) is 71.4 Å². The van der Waals surface area contributed by atoms with Crippen molar-refractivity contribution < 1.29 is 18.3 Å². The van der Waals surface area contributed by atoms with Gasteiger partial charge in [0, 0.05) is 5.41 Å². The smallest absolute Gasteiger partial charge is 0.326 e. The van der Waals surface area contributed by atoms with Crippen LogP contribution in [-0.4, -0.2) is 24.7 Å². The maximum atomic E-state index is 11.1. The van der Waals surface area contributed by atoms with E-state index in [2.05, 4.69) is 6.58 Å². The van der Waals surface area contributed by atoms with Gasteiger partial charge in [0.05, 0.1) is 0 Å². The van der Waals surface area contributed by atoms with Gasteiger partial charge in [0.2, 0.25) is 0 Å². The highest BCUT2D eigenvalue weighted by molar-refractivity contribution is 7.95. The molecule has 0 amide bonds. The fourth-order valence-electron chi connectivity index (χ4n) is 0.650. The van der Waals surface area contributed by atoms with E-state index in [4.69, 9.17) is 5.11 Å². The van der Waals surface area contributed by atoms with Gasteiger partial charge in [-0.15, -0.1) is 6.58 Å². The van der Waals surface area contributed by atoms with E-state index < -0.39 is 21.1 Å². The average Bonchev–Trinajstić information content (AvgIpc) is 1.86. The Balaban J connectivity index is 4.99. The van der Waals surface area contributed by atoms with E-state index in [1.54, 1.807) is 0 Å². The quantitative estimate of drug-likeness (QED) is 0.658. The monoisotopic (exact) mass is 190 g/mol. The van der Waals surface area contributed by atoms with Crippen molar-refractivity contribution in [2.24, 2.45) is 0 Å². The predicted octanol–water partition coefficient (Wildman–Crippen LogP) is 0.574. The highest BCUT2D eigenvalue weighted by atomic mass is 32.2. The Morgan fingerprint density at radius 2 is 2.08 bits per heavy atom. The second-order valence-corrected chi connectivity index (χ2v) is 4.01. The minimum absolute atomic E-state index is 0.855. The van der Waals surface area contributed by atoms with Gasteiger partial charge in [-0.1, -0.05) is 12.2 Å². The van der Waals surface area contributed by atoms with Gasteiger partial charge in [0.1, 0.15) is 0 Å². The molecule has 0 aliphatic carbocycles. The molecule has 0 bridgehead atoms. The highest BCUT2D eigenvalue weighted by Gasteiger charge is 2.26. The van der Waals surface area contributed by atoms with Gasteiger partial charge in [-0.3, -0.25) is 4.79 Å². The molecule has 5 heteroatoms. The Kier molecular flexibility index (Phi) is 3.69. The zero-order valence-electron chi connectivity index (χ0n) is 6.60. The molecule has 1 N–H and O–H groups in total. The zero-order chi connectivity index (χ0) is 9.78. The molecule has 0 rings (SSSR count). The molecule has 0 radical (unpaired) electrons. The van der Waals surface area contributed by atoms with Crippen LogP contribution in [0.2, 0.25) is 0 Å². The van der Waals surface area contributed by atoms with Gasteiger partial charge in [-0.2, -0.15) is 0 Å². The third-order valence-electron chi connectivity index (χ3n) is 1.14. The van der Waals surface area contributed by atoms with Crippen molar-refractivity contribution in [3.8, 4) is 0 Å². The van der Waals surface area contributed by atoms with E-state index >= 15 is 0 Å². The van der Waals surface area contributed by atoms with Crippen molar-refractivity contribution >= 4 is 15.8 Å². The Labute approximate surface area is 71.1 Å². The molecule has 0 heterocycles. The van der Waals surface area contributed by atoms with Gasteiger partial charge >= 0.3 is 5.97 Å². The summed E-state index contributed by atoms with van der Waals surface area (Å²) in [6, 6.07) is 0. The van der Waals surface area contributed by atoms with Gasteiger partial charge in [0.25, 0.3) is 0 Å². The summed E-state index contributed by atoms with van der Waals surface area (Å²) in [7, 11) is -3.72. The third-order valence-corrected chi connectivity index (χ3v) is 2.89. The van der Waals surface area contributed by atoms with Crippen molar-refractivity contribution in [1.29, 1.82) is 0 Å². The maximum Gasteiger partial charge on any atom is 0.326 e. The first kappa shape index (κ1) is 10.9. The molecule has 0 aliphatic rings. The van der Waals surface area contributed by atoms with Crippen LogP contribution in [0.4, 0.5) is 0 Å². The van der Waals surface area contributed by atoms with Crippen molar-refractivity contribution in [3.05, 3.63) is 24.1 Å². The van der Waals surface area contributed by atoms with Gasteiger partial charge in [0.15, 0.2) is 15.1 Å². The number of hydrogen-bond donors (Lipinski definition) is 1. The minimum atomic E-state index is -3.72. The Hall–Kier alpha value is -1.10. The van der Waals surface area contributed by atoms with Gasteiger partial charge in [-0.25, -0.2) is 8.42 Å². The first-order valence-electron chi connectivity index (χ1n) is 3.17. The lowest BCUT2D eigenvalue weighted by Gasteiger charge is -2.03. The van der Waals surface area contributed by atoms with Crippen LogP contribution in [0.25, 0.3) is 0 Å². The summed E-state index contributed by atoms with van der Waals surface area (Å²) in [5.41, 5.74) is 0. The number of carboxylic acids is 1. The molecule has 0 aromatic rings. The van der Waals surface area contributed by atoms with Crippen LogP contribution in [0.3, 0.4) is 0 Å². The zero-order valence-corrected chi connectivity index (χ0v) is 7.41. The lowest BCUT2D eigenvalue weighted by molar-refractivity contribution is -0.135. The molecule has 0 saturated heterocycles. The van der Waals surface area contributed by atoms with Crippen molar-refractivity contribution in [2.45, 2.75) is 12.2 Å². The second kappa shape index (κ2) is 4.06. The summed E-state index contributed by atoms with van der Waals surface area (Å²) < 4.78 is 22.1. The van der Waals surface area contributed by atoms with Gasteiger partial charge < -0.3 is 5.11 Å². The minimum Gasteiger partial charge on any atom is -0.480 e. The molecular weight excluding hydrogens is 180 g/mol. The number of allylic oxidation sites excluding steroid dienone is 1. The van der Waals surface area contributed by atoms with E-state index in [0.29, 0.717) is 0 Å². The molecule has 4 nitrogen and oxygen atoms in total. The van der Waals surface area contributed by atoms with Crippen LogP contribution in [0.5, 0.6) is 0 Å². The first-order valence-corrected chi connectivity index (χ1v) is 4.78. The summed E-state index contributed by atoms with van der Waals surface area (Å²) in [5, 5.41) is 7.76. The van der Waals surface area contributed by atoms with Gasteiger partial charge in [-0.05, 0) is 6.92 Å². The second-order valence-electron chi connectivity index (χ2n) is 2.05. The lowest BCUT2D eigenvalue weighted by atomic mass is 10.4. The molecule has 0 aromatic carbocycles. The SMILES string of the molecule is C=CC(C(=O)O)S(=O)(=O)C=CC. The molecule has 0 spiro atoms. The number of sulfone groups is 1. The summed E-state index contributed by atoms with van der Waals surface area (Å²) in [4.78, 5) is 10.4. The van der Waals surface area contributed by atoms with Crippen LogP contribution >= 0.6 is 0 Å². The standard InChI is InChI=1S/C7H10O4S/c1-3-5-12(10,11)6(4-2)7(8)9/h3-6H,2H2,1H3,(H,8,9). The largest absolute Gasteiger partial charge is 0.480 e. The Morgan fingerprint density at radius 3 is 2.33 bits per heavy atom. The fraction of sp³-hybridized carbons (Fsp3) is 0.286. The number of aliphatic carboxylic acids is 1. The summed E-state index contributed by atoms with van der Waals surface area (Å²) in [6.45, 7) is 4.64. The van der Waals surface area contributed by atoms with Crippen LogP contribution in [0.1, 0.15) is 6.92 Å². The van der Waals surface area contributed by atoms with Crippen molar-refractivity contribution in [1.82, 2.24) is 0 Å². The third kappa shape index (κ3) is 2.50. The molecule has 0 aliphatic heterocycles. The number of carboxylic acid groups (broad SMARTS) is 1. The van der Waals surface area contributed by atoms with Crippen LogP contribution in [0.15, 0.2) is 24.1 Å². The molecule has 68 valence electrons. The molecule has 12 heavy (non-hydrogen) atoms. The van der Waals surface area contributed by atoms with E-state index in [1.165, 1.54) is 13.0 Å². The highest BCUT2D eigenvalue weighted by Crippen LogP contribution is 2.05. The molecule has 0 aromatic heterocycles. The molecule has 1 atom stereocenters. The fourth-order valence-corrected chi connectivity index (χ4v) is 1.75. The van der Waals surface area contributed by atoms with E-state index in [1.807, 2.05) is 0 Å². The number of hydrogen-bond acceptors (Lipinski definition) is 3. The first-order chi connectivity index (χ1) is 5.45. The normalized spacial score (nSPS) is 14.4. The molecule has 0 fully saturated rings. The van der Waals surface area contributed by atoms with Crippen molar-refractivity contribution in [3.63, 3.8) is 0 Å². The average molecular weight is 190 g/mol. The predicted molar refractivity (Wildman–Crippen MR) is 45.4 cm³/mol. The number of rotatable bonds is 4. The van der Waals surface area contributed by atoms with E-state index in [-0.39, 0.29) is 0 Å². The van der Waals surface area contributed by atoms with E-state index in [9.17, 15) is 13.2 Å². The maximum absolute atomic E-state index is 11.1. The Bertz CT molecular complexity index is 299. The molecular formula is C7H10O4S. The van der Waals surface area contributed by atoms with Crippen LogP contribution in [0, 0.1) is 0 Å². The number of carbonyl (C=O) groups is 1. The lowest BCUT2D eigenvalue weighted by Crippen LogP contribution is -2.26.